The van der Waals surface area contributed by atoms with Gasteiger partial charge in [-0.15, -0.1) is 0 Å². The second-order valence-electron chi connectivity index (χ2n) is 7.49. The monoisotopic (exact) mass is 378 g/mol. The molecule has 28 heavy (non-hydrogen) atoms. The molecule has 144 valence electrons. The Morgan fingerprint density at radius 2 is 2.00 bits per heavy atom. The summed E-state index contributed by atoms with van der Waals surface area (Å²) in [5, 5.41) is 0. The van der Waals surface area contributed by atoms with Crippen LogP contribution < -0.4 is 0 Å². The third kappa shape index (κ3) is 3.14. The largest absolute Gasteiger partial charge is 0.451 e. The van der Waals surface area contributed by atoms with Crippen molar-refractivity contribution in [2.45, 2.75) is 32.2 Å². The highest BCUT2D eigenvalue weighted by molar-refractivity contribution is 5.92. The van der Waals surface area contributed by atoms with Gasteiger partial charge < -0.3 is 18.5 Å². The van der Waals surface area contributed by atoms with Gasteiger partial charge in [0.25, 0.3) is 5.91 Å². The molecule has 1 saturated heterocycles. The summed E-state index contributed by atoms with van der Waals surface area (Å²) in [5.74, 6) is 2.81. The SMILES string of the molecule is Cc1ccc(-c2ccc(C(=O)N3CCc4oc(C5CCOC5)nc4C3)o2)cc1. The fourth-order valence-corrected chi connectivity index (χ4v) is 3.78. The molecule has 2 aliphatic rings. The number of benzene rings is 1. The number of amides is 1. The third-order valence-electron chi connectivity index (χ3n) is 5.46. The topological polar surface area (TPSA) is 68.7 Å². The molecule has 4 heterocycles. The van der Waals surface area contributed by atoms with Gasteiger partial charge in [-0.1, -0.05) is 29.8 Å². The maximum Gasteiger partial charge on any atom is 0.289 e. The standard InChI is InChI=1S/C22H22N2O4/c1-14-2-4-15(5-3-14)18-6-7-20(27-18)22(25)24-10-8-19-17(12-24)23-21(28-19)16-9-11-26-13-16/h2-7,16H,8-13H2,1H3. The number of aryl methyl sites for hydroxylation is 1. The molecular formula is C22H22N2O4. The Kier molecular flexibility index (Phi) is 4.28. The normalized spacial score (nSPS) is 19.0. The van der Waals surface area contributed by atoms with Crippen LogP contribution >= 0.6 is 0 Å². The predicted octanol–water partition coefficient (Wildman–Crippen LogP) is 3.95. The smallest absolute Gasteiger partial charge is 0.289 e. The lowest BCUT2D eigenvalue weighted by molar-refractivity contribution is 0.0696. The number of aromatic nitrogens is 1. The van der Waals surface area contributed by atoms with Crippen LogP contribution in [0, 0.1) is 6.92 Å². The number of hydrogen-bond donors (Lipinski definition) is 0. The molecule has 1 atom stereocenters. The molecule has 0 saturated carbocycles. The van der Waals surface area contributed by atoms with Gasteiger partial charge in [-0.25, -0.2) is 4.98 Å². The molecule has 0 bridgehead atoms. The minimum atomic E-state index is -0.113. The summed E-state index contributed by atoms with van der Waals surface area (Å²) in [5.41, 5.74) is 3.00. The Morgan fingerprint density at radius 1 is 1.14 bits per heavy atom. The summed E-state index contributed by atoms with van der Waals surface area (Å²) in [7, 11) is 0. The maximum absolute atomic E-state index is 12.9. The van der Waals surface area contributed by atoms with E-state index in [0.717, 1.165) is 35.9 Å². The highest BCUT2D eigenvalue weighted by atomic mass is 16.5. The summed E-state index contributed by atoms with van der Waals surface area (Å²) in [4.78, 5) is 19.3. The average molecular weight is 378 g/mol. The van der Waals surface area contributed by atoms with Gasteiger partial charge in [0, 0.05) is 25.1 Å². The van der Waals surface area contributed by atoms with Gasteiger partial charge in [0.15, 0.2) is 11.7 Å². The first kappa shape index (κ1) is 17.3. The van der Waals surface area contributed by atoms with Gasteiger partial charge in [-0.05, 0) is 25.5 Å². The van der Waals surface area contributed by atoms with Crippen LogP contribution in [0.2, 0.25) is 0 Å². The number of furan rings is 1. The lowest BCUT2D eigenvalue weighted by atomic mass is 10.1. The minimum Gasteiger partial charge on any atom is -0.451 e. The lowest BCUT2D eigenvalue weighted by Crippen LogP contribution is -2.35. The molecule has 6 nitrogen and oxygen atoms in total. The number of carbonyl (C=O) groups is 1. The Balaban J connectivity index is 1.32. The molecule has 1 amide bonds. The van der Waals surface area contributed by atoms with Crippen molar-refractivity contribution in [2.24, 2.45) is 0 Å². The van der Waals surface area contributed by atoms with E-state index in [0.29, 0.717) is 37.6 Å². The molecule has 5 rings (SSSR count). The van der Waals surface area contributed by atoms with Gasteiger partial charge >= 0.3 is 0 Å². The molecule has 1 aromatic carbocycles. The molecule has 1 fully saturated rings. The number of oxazole rings is 1. The molecule has 0 spiro atoms. The first-order valence-electron chi connectivity index (χ1n) is 9.70. The van der Waals surface area contributed by atoms with Crippen molar-refractivity contribution in [1.82, 2.24) is 9.88 Å². The van der Waals surface area contributed by atoms with E-state index < -0.39 is 0 Å². The zero-order valence-electron chi connectivity index (χ0n) is 15.8. The molecule has 0 N–H and O–H groups in total. The van der Waals surface area contributed by atoms with E-state index in [4.69, 9.17) is 13.6 Å². The van der Waals surface area contributed by atoms with Crippen molar-refractivity contribution in [1.29, 1.82) is 0 Å². The Labute approximate surface area is 163 Å². The van der Waals surface area contributed by atoms with Crippen LogP contribution in [0.4, 0.5) is 0 Å². The maximum atomic E-state index is 12.9. The van der Waals surface area contributed by atoms with Crippen LogP contribution in [0.25, 0.3) is 11.3 Å². The molecule has 0 radical (unpaired) electrons. The minimum absolute atomic E-state index is 0.113. The van der Waals surface area contributed by atoms with Gasteiger partial charge in [-0.3, -0.25) is 4.79 Å². The fourth-order valence-electron chi connectivity index (χ4n) is 3.78. The van der Waals surface area contributed by atoms with Crippen LogP contribution in [0.3, 0.4) is 0 Å². The summed E-state index contributed by atoms with van der Waals surface area (Å²) in [6.07, 6.45) is 1.61. The molecular weight excluding hydrogens is 356 g/mol. The Bertz CT molecular complexity index is 996. The number of carbonyl (C=O) groups excluding carboxylic acids is 1. The van der Waals surface area contributed by atoms with Gasteiger partial charge in [0.2, 0.25) is 0 Å². The van der Waals surface area contributed by atoms with Crippen LogP contribution in [0.15, 0.2) is 45.2 Å². The van der Waals surface area contributed by atoms with Crippen molar-refractivity contribution in [3.8, 4) is 11.3 Å². The van der Waals surface area contributed by atoms with Crippen molar-refractivity contribution >= 4 is 5.91 Å². The quantitative estimate of drug-likeness (QED) is 0.690. The number of nitrogens with zero attached hydrogens (tertiary/aromatic N) is 2. The first-order chi connectivity index (χ1) is 13.7. The first-order valence-corrected chi connectivity index (χ1v) is 9.70. The lowest BCUT2D eigenvalue weighted by Gasteiger charge is -2.24. The fraction of sp³-hybridized carbons (Fsp3) is 0.364. The van der Waals surface area contributed by atoms with E-state index in [2.05, 4.69) is 4.98 Å². The molecule has 2 aromatic heterocycles. The van der Waals surface area contributed by atoms with E-state index in [1.807, 2.05) is 37.3 Å². The van der Waals surface area contributed by atoms with E-state index in [-0.39, 0.29) is 11.8 Å². The molecule has 0 aliphatic carbocycles. The van der Waals surface area contributed by atoms with Crippen molar-refractivity contribution in [2.75, 3.05) is 19.8 Å². The van der Waals surface area contributed by atoms with Crippen molar-refractivity contribution in [3.63, 3.8) is 0 Å². The number of rotatable bonds is 3. The molecule has 3 aromatic rings. The molecule has 6 heteroatoms. The molecule has 2 aliphatic heterocycles. The number of hydrogen-bond acceptors (Lipinski definition) is 5. The summed E-state index contributed by atoms with van der Waals surface area (Å²) < 4.78 is 17.2. The van der Waals surface area contributed by atoms with E-state index in [9.17, 15) is 4.79 Å². The average Bonchev–Trinajstić information content (AvgIpc) is 3.47. The zero-order chi connectivity index (χ0) is 19.1. The number of ether oxygens (including phenoxy) is 1. The van der Waals surface area contributed by atoms with E-state index in [1.54, 1.807) is 11.0 Å². The second kappa shape index (κ2) is 6.95. The Hall–Kier alpha value is -2.86. The molecule has 1 unspecified atom stereocenters. The van der Waals surface area contributed by atoms with Gasteiger partial charge in [-0.2, -0.15) is 0 Å². The second-order valence-corrected chi connectivity index (χ2v) is 7.49. The van der Waals surface area contributed by atoms with Crippen molar-refractivity contribution in [3.05, 3.63) is 65.1 Å². The van der Waals surface area contributed by atoms with Gasteiger partial charge in [0.05, 0.1) is 19.1 Å². The van der Waals surface area contributed by atoms with Crippen LogP contribution in [-0.4, -0.2) is 35.5 Å². The summed E-state index contributed by atoms with van der Waals surface area (Å²) >= 11 is 0. The van der Waals surface area contributed by atoms with Crippen LogP contribution in [0.5, 0.6) is 0 Å². The van der Waals surface area contributed by atoms with Crippen LogP contribution in [-0.2, 0) is 17.7 Å². The predicted molar refractivity (Wildman–Crippen MR) is 102 cm³/mol. The van der Waals surface area contributed by atoms with Gasteiger partial charge in [0.1, 0.15) is 17.2 Å². The summed E-state index contributed by atoms with van der Waals surface area (Å²) in [6.45, 7) is 4.51. The zero-order valence-corrected chi connectivity index (χ0v) is 15.8. The number of fused-ring (bicyclic) bond motifs is 1. The summed E-state index contributed by atoms with van der Waals surface area (Å²) in [6, 6.07) is 11.7. The third-order valence-corrected chi connectivity index (χ3v) is 5.46. The highest BCUT2D eigenvalue weighted by Crippen LogP contribution is 2.30. The highest BCUT2D eigenvalue weighted by Gasteiger charge is 2.30. The van der Waals surface area contributed by atoms with Crippen LogP contribution in [0.1, 0.15) is 45.8 Å². The van der Waals surface area contributed by atoms with E-state index in [1.165, 1.54) is 5.56 Å². The Morgan fingerprint density at radius 3 is 2.79 bits per heavy atom. The van der Waals surface area contributed by atoms with Crippen molar-refractivity contribution < 1.29 is 18.4 Å². The van der Waals surface area contributed by atoms with E-state index >= 15 is 0 Å².